The van der Waals surface area contributed by atoms with Crippen LogP contribution in [0.15, 0.2) is 79.5 Å². The van der Waals surface area contributed by atoms with Crippen molar-refractivity contribution in [2.24, 2.45) is 0 Å². The highest BCUT2D eigenvalue weighted by molar-refractivity contribution is 6.02. The highest BCUT2D eigenvalue weighted by Gasteiger charge is 2.11. The number of nitrogens with zero attached hydrogens (tertiary/aromatic N) is 4. The van der Waals surface area contributed by atoms with E-state index in [4.69, 9.17) is 4.74 Å². The standard InChI is InChI=1S/C24H22N6O2/c1-16(17-5-3-7-19(11-17)29-24(31)22-14-25-9-10-27-22)28-23-15-26-13-21(30-23)18-6-4-8-20(12-18)32-2/h3-16H,1-2H3,(H,28,30)(H,29,31)/t16-/m0/s1. The van der Waals surface area contributed by atoms with Crippen LogP contribution in [0.3, 0.4) is 0 Å². The minimum Gasteiger partial charge on any atom is -0.497 e. The van der Waals surface area contributed by atoms with Crippen LogP contribution in [0.1, 0.15) is 29.0 Å². The predicted octanol–water partition coefficient (Wildman–Crippen LogP) is 4.37. The van der Waals surface area contributed by atoms with Gasteiger partial charge in [0.1, 0.15) is 17.3 Å². The Labute approximate surface area is 185 Å². The summed E-state index contributed by atoms with van der Waals surface area (Å²) in [7, 11) is 1.63. The molecule has 0 spiro atoms. The number of hydrogen-bond donors (Lipinski definition) is 2. The number of ether oxygens (including phenoxy) is 1. The van der Waals surface area contributed by atoms with Gasteiger partial charge in [-0.25, -0.2) is 9.97 Å². The van der Waals surface area contributed by atoms with Crippen LogP contribution in [0.4, 0.5) is 11.5 Å². The maximum Gasteiger partial charge on any atom is 0.275 e. The van der Waals surface area contributed by atoms with Crippen molar-refractivity contribution < 1.29 is 9.53 Å². The molecule has 1 atom stereocenters. The first kappa shape index (κ1) is 20.9. The van der Waals surface area contributed by atoms with Gasteiger partial charge >= 0.3 is 0 Å². The van der Waals surface area contributed by atoms with Gasteiger partial charge < -0.3 is 15.4 Å². The van der Waals surface area contributed by atoms with E-state index in [0.717, 1.165) is 22.6 Å². The van der Waals surface area contributed by atoms with Gasteiger partial charge in [-0.1, -0.05) is 24.3 Å². The van der Waals surface area contributed by atoms with E-state index in [-0.39, 0.29) is 17.6 Å². The van der Waals surface area contributed by atoms with Gasteiger partial charge in [-0.3, -0.25) is 14.8 Å². The van der Waals surface area contributed by atoms with E-state index in [2.05, 4.69) is 30.6 Å². The fourth-order valence-corrected chi connectivity index (χ4v) is 3.16. The summed E-state index contributed by atoms with van der Waals surface area (Å²) in [6.45, 7) is 2.02. The van der Waals surface area contributed by atoms with Gasteiger partial charge in [-0.15, -0.1) is 0 Å². The molecular formula is C24H22N6O2. The van der Waals surface area contributed by atoms with Gasteiger partial charge in [-0.2, -0.15) is 0 Å². The van der Waals surface area contributed by atoms with E-state index in [1.807, 2.05) is 55.5 Å². The minimum absolute atomic E-state index is 0.0711. The number of carbonyl (C=O) groups is 1. The molecule has 0 aliphatic rings. The zero-order chi connectivity index (χ0) is 22.3. The number of methoxy groups -OCH3 is 1. The molecule has 0 radical (unpaired) electrons. The van der Waals surface area contributed by atoms with Crippen molar-refractivity contribution in [3.05, 3.63) is 90.8 Å². The van der Waals surface area contributed by atoms with Crippen molar-refractivity contribution >= 4 is 17.4 Å². The lowest BCUT2D eigenvalue weighted by Gasteiger charge is -2.16. The number of carbonyl (C=O) groups excluding carboxylic acids is 1. The molecule has 160 valence electrons. The largest absolute Gasteiger partial charge is 0.497 e. The Kier molecular flexibility index (Phi) is 6.31. The maximum atomic E-state index is 12.3. The monoisotopic (exact) mass is 426 g/mol. The molecular weight excluding hydrogens is 404 g/mol. The average Bonchev–Trinajstić information content (AvgIpc) is 2.85. The van der Waals surface area contributed by atoms with Gasteiger partial charge in [0, 0.05) is 23.6 Å². The minimum atomic E-state index is -0.312. The molecule has 4 aromatic rings. The number of nitrogens with one attached hydrogen (secondary N) is 2. The smallest absolute Gasteiger partial charge is 0.275 e. The first-order valence-electron chi connectivity index (χ1n) is 10.0. The van der Waals surface area contributed by atoms with Crippen molar-refractivity contribution in [3.8, 4) is 17.0 Å². The molecule has 2 N–H and O–H groups in total. The molecule has 8 nitrogen and oxygen atoms in total. The molecule has 0 bridgehead atoms. The molecule has 0 fully saturated rings. The third-order valence-electron chi connectivity index (χ3n) is 4.80. The summed E-state index contributed by atoms with van der Waals surface area (Å²) in [6.07, 6.45) is 7.83. The van der Waals surface area contributed by atoms with Crippen LogP contribution >= 0.6 is 0 Å². The van der Waals surface area contributed by atoms with Crippen LogP contribution in [0, 0.1) is 0 Å². The Balaban J connectivity index is 1.48. The molecule has 0 aliphatic carbocycles. The lowest BCUT2D eigenvalue weighted by molar-refractivity contribution is 0.102. The number of anilines is 2. The van der Waals surface area contributed by atoms with E-state index in [9.17, 15) is 4.79 Å². The molecule has 32 heavy (non-hydrogen) atoms. The Morgan fingerprint density at radius 3 is 2.69 bits per heavy atom. The van der Waals surface area contributed by atoms with E-state index < -0.39 is 0 Å². The molecule has 1 amide bonds. The van der Waals surface area contributed by atoms with Crippen LogP contribution in [0.5, 0.6) is 5.75 Å². The van der Waals surface area contributed by atoms with Crippen LogP contribution in [-0.4, -0.2) is 33.0 Å². The SMILES string of the molecule is COc1cccc(-c2cncc(N[C@@H](C)c3cccc(NC(=O)c4cnccn4)c3)n2)c1. The second kappa shape index (κ2) is 9.65. The molecule has 0 saturated carbocycles. The molecule has 2 aromatic heterocycles. The molecule has 2 aromatic carbocycles. The Morgan fingerprint density at radius 1 is 1.00 bits per heavy atom. The van der Waals surface area contributed by atoms with Crippen molar-refractivity contribution in [2.75, 3.05) is 17.7 Å². The first-order chi connectivity index (χ1) is 15.6. The van der Waals surface area contributed by atoms with Crippen molar-refractivity contribution in [1.29, 1.82) is 0 Å². The second-order valence-electron chi connectivity index (χ2n) is 7.06. The van der Waals surface area contributed by atoms with E-state index in [1.165, 1.54) is 18.6 Å². The van der Waals surface area contributed by atoms with Crippen molar-refractivity contribution in [1.82, 2.24) is 19.9 Å². The first-order valence-corrected chi connectivity index (χ1v) is 10.0. The van der Waals surface area contributed by atoms with Gasteiger partial charge in [0.25, 0.3) is 5.91 Å². The Hall–Kier alpha value is -4.33. The summed E-state index contributed by atoms with van der Waals surface area (Å²) in [4.78, 5) is 29.3. The van der Waals surface area contributed by atoms with Crippen molar-refractivity contribution in [3.63, 3.8) is 0 Å². The molecule has 0 aliphatic heterocycles. The molecule has 4 rings (SSSR count). The van der Waals surface area contributed by atoms with Crippen LogP contribution in [-0.2, 0) is 0 Å². The van der Waals surface area contributed by atoms with Crippen molar-refractivity contribution in [2.45, 2.75) is 13.0 Å². The fraction of sp³-hybridized carbons (Fsp3) is 0.125. The summed E-state index contributed by atoms with van der Waals surface area (Å²) in [5.41, 5.74) is 3.57. The van der Waals surface area contributed by atoms with Gasteiger partial charge in [0.05, 0.1) is 37.4 Å². The quantitative estimate of drug-likeness (QED) is 0.452. The number of rotatable bonds is 7. The molecule has 0 unspecified atom stereocenters. The fourth-order valence-electron chi connectivity index (χ4n) is 3.16. The number of aromatic nitrogens is 4. The number of amides is 1. The highest BCUT2D eigenvalue weighted by atomic mass is 16.5. The summed E-state index contributed by atoms with van der Waals surface area (Å²) in [5.74, 6) is 1.09. The molecule has 0 saturated heterocycles. The van der Waals surface area contributed by atoms with E-state index in [1.54, 1.807) is 19.5 Å². The van der Waals surface area contributed by atoms with Gasteiger partial charge in [0.2, 0.25) is 0 Å². The summed E-state index contributed by atoms with van der Waals surface area (Å²) in [6, 6.07) is 15.2. The number of benzene rings is 2. The zero-order valence-corrected chi connectivity index (χ0v) is 17.7. The zero-order valence-electron chi connectivity index (χ0n) is 17.7. The Bertz CT molecular complexity index is 1220. The van der Waals surface area contributed by atoms with Crippen LogP contribution in [0.2, 0.25) is 0 Å². The number of hydrogen-bond acceptors (Lipinski definition) is 7. The van der Waals surface area contributed by atoms with Gasteiger partial charge in [-0.05, 0) is 36.8 Å². The predicted molar refractivity (Wildman–Crippen MR) is 122 cm³/mol. The van der Waals surface area contributed by atoms with Gasteiger partial charge in [0.15, 0.2) is 0 Å². The highest BCUT2D eigenvalue weighted by Crippen LogP contribution is 2.25. The van der Waals surface area contributed by atoms with E-state index in [0.29, 0.717) is 11.5 Å². The van der Waals surface area contributed by atoms with Crippen LogP contribution in [0.25, 0.3) is 11.3 Å². The summed E-state index contributed by atoms with van der Waals surface area (Å²) >= 11 is 0. The average molecular weight is 426 g/mol. The molecule has 8 heteroatoms. The topological polar surface area (TPSA) is 102 Å². The second-order valence-corrected chi connectivity index (χ2v) is 7.06. The summed E-state index contributed by atoms with van der Waals surface area (Å²) < 4.78 is 5.29. The van der Waals surface area contributed by atoms with E-state index >= 15 is 0 Å². The Morgan fingerprint density at radius 2 is 1.88 bits per heavy atom. The summed E-state index contributed by atoms with van der Waals surface area (Å²) in [5, 5.41) is 6.22. The third kappa shape index (κ3) is 5.04. The molecule has 2 heterocycles. The maximum absolute atomic E-state index is 12.3. The lowest BCUT2D eigenvalue weighted by Crippen LogP contribution is -2.14. The van der Waals surface area contributed by atoms with Crippen LogP contribution < -0.4 is 15.4 Å². The normalized spacial score (nSPS) is 11.4. The third-order valence-corrected chi connectivity index (χ3v) is 4.80. The lowest BCUT2D eigenvalue weighted by atomic mass is 10.1.